The first kappa shape index (κ1) is 12.4. The molecule has 2 unspecified atom stereocenters. The maximum atomic E-state index is 12.2. The van der Waals surface area contributed by atoms with E-state index in [0.717, 1.165) is 19.4 Å². The second-order valence-electron chi connectivity index (χ2n) is 5.37. The molecule has 5 nitrogen and oxygen atoms in total. The predicted octanol–water partition coefficient (Wildman–Crippen LogP) is -0.197. The molecule has 2 atom stereocenters. The van der Waals surface area contributed by atoms with Crippen LogP contribution < -0.4 is 5.73 Å². The summed E-state index contributed by atoms with van der Waals surface area (Å²) in [6.45, 7) is 5.49. The lowest BCUT2D eigenvalue weighted by atomic mass is 10.0. The molecule has 0 aromatic heterocycles. The molecule has 2 aliphatic rings. The smallest absolute Gasteiger partial charge is 0.245 e. The van der Waals surface area contributed by atoms with E-state index in [1.54, 1.807) is 9.80 Å². The third-order valence-corrected chi connectivity index (χ3v) is 3.78. The summed E-state index contributed by atoms with van der Waals surface area (Å²) in [5, 5.41) is 0. The third-order valence-electron chi connectivity index (χ3n) is 3.78. The Morgan fingerprint density at radius 1 is 1.41 bits per heavy atom. The van der Waals surface area contributed by atoms with Gasteiger partial charge in [0.2, 0.25) is 11.8 Å². The molecular formula is C12H21N3O2. The van der Waals surface area contributed by atoms with Crippen molar-refractivity contribution in [3.05, 3.63) is 0 Å². The van der Waals surface area contributed by atoms with E-state index in [0.29, 0.717) is 12.5 Å². The minimum Gasteiger partial charge on any atom is -0.330 e. The van der Waals surface area contributed by atoms with Gasteiger partial charge in [-0.25, -0.2) is 0 Å². The van der Waals surface area contributed by atoms with Crippen molar-refractivity contribution in [3.63, 3.8) is 0 Å². The van der Waals surface area contributed by atoms with Crippen molar-refractivity contribution >= 4 is 11.8 Å². The van der Waals surface area contributed by atoms with Crippen LogP contribution in [0.4, 0.5) is 0 Å². The Kier molecular flexibility index (Phi) is 3.38. The van der Waals surface area contributed by atoms with Crippen LogP contribution in [0.1, 0.15) is 26.7 Å². The van der Waals surface area contributed by atoms with E-state index in [1.165, 1.54) is 0 Å². The third kappa shape index (κ3) is 2.29. The van der Waals surface area contributed by atoms with Crippen LogP contribution in [0.2, 0.25) is 0 Å². The summed E-state index contributed by atoms with van der Waals surface area (Å²) in [7, 11) is 0. The molecule has 2 fully saturated rings. The molecule has 2 rings (SSSR count). The quantitative estimate of drug-likeness (QED) is 0.742. The molecule has 0 spiro atoms. The van der Waals surface area contributed by atoms with Crippen LogP contribution in [0.5, 0.6) is 0 Å². The Bertz CT molecular complexity index is 330. The molecule has 2 saturated heterocycles. The molecule has 0 radical (unpaired) electrons. The average molecular weight is 239 g/mol. The number of carbonyl (C=O) groups excluding carboxylic acids is 2. The zero-order valence-electron chi connectivity index (χ0n) is 10.6. The number of hydrogen-bond donors (Lipinski definition) is 1. The first-order valence-electron chi connectivity index (χ1n) is 6.34. The molecular weight excluding hydrogens is 218 g/mol. The van der Waals surface area contributed by atoms with Gasteiger partial charge in [0.25, 0.3) is 0 Å². The van der Waals surface area contributed by atoms with Crippen molar-refractivity contribution in [3.8, 4) is 0 Å². The number of nitrogens with two attached hydrogens (primary N) is 1. The van der Waals surface area contributed by atoms with Crippen molar-refractivity contribution < 1.29 is 9.59 Å². The van der Waals surface area contributed by atoms with Crippen LogP contribution in [0, 0.1) is 5.92 Å². The number of hydrogen-bond acceptors (Lipinski definition) is 3. The van der Waals surface area contributed by atoms with Gasteiger partial charge in [-0.3, -0.25) is 9.59 Å². The number of fused-ring (bicyclic) bond motifs is 1. The summed E-state index contributed by atoms with van der Waals surface area (Å²) in [6, 6.07) is -0.268. The molecule has 2 aliphatic heterocycles. The lowest BCUT2D eigenvalue weighted by Crippen LogP contribution is -2.59. The van der Waals surface area contributed by atoms with Gasteiger partial charge in [0, 0.05) is 19.1 Å². The monoisotopic (exact) mass is 239 g/mol. The summed E-state index contributed by atoms with van der Waals surface area (Å²) in [5.74, 6) is 0.473. The van der Waals surface area contributed by atoms with Crippen molar-refractivity contribution in [2.75, 3.05) is 19.6 Å². The highest BCUT2D eigenvalue weighted by Gasteiger charge is 2.42. The molecule has 17 heavy (non-hydrogen) atoms. The largest absolute Gasteiger partial charge is 0.330 e. The van der Waals surface area contributed by atoms with E-state index in [4.69, 9.17) is 5.73 Å². The molecule has 2 heterocycles. The summed E-state index contributed by atoms with van der Waals surface area (Å²) in [5.41, 5.74) is 5.97. The van der Waals surface area contributed by atoms with Crippen molar-refractivity contribution in [2.24, 2.45) is 11.7 Å². The van der Waals surface area contributed by atoms with Crippen LogP contribution in [-0.2, 0) is 9.59 Å². The van der Waals surface area contributed by atoms with Crippen LogP contribution >= 0.6 is 0 Å². The maximum absolute atomic E-state index is 12.2. The highest BCUT2D eigenvalue weighted by molar-refractivity contribution is 5.95. The lowest BCUT2D eigenvalue weighted by molar-refractivity contribution is -0.153. The van der Waals surface area contributed by atoms with Gasteiger partial charge >= 0.3 is 0 Å². The topological polar surface area (TPSA) is 66.6 Å². The SMILES string of the molecule is CC(C)C(N)CN1CC(=O)N2CCCC2C1=O. The standard InChI is InChI=1S/C12H21N3O2/c1-8(2)9(13)6-14-7-11(16)15-5-3-4-10(15)12(14)17/h8-10H,3-7,13H2,1-2H3. The minimum absolute atomic E-state index is 0.0558. The molecule has 5 heteroatoms. The first-order chi connectivity index (χ1) is 8.00. The van der Waals surface area contributed by atoms with Gasteiger partial charge in [-0.2, -0.15) is 0 Å². The number of carbonyl (C=O) groups is 2. The van der Waals surface area contributed by atoms with Crippen molar-refractivity contribution in [1.82, 2.24) is 9.80 Å². The average Bonchev–Trinajstić information content (AvgIpc) is 2.74. The molecule has 0 aromatic rings. The fourth-order valence-corrected chi connectivity index (χ4v) is 2.48. The van der Waals surface area contributed by atoms with Gasteiger partial charge in [0.1, 0.15) is 6.04 Å². The Morgan fingerprint density at radius 3 is 2.76 bits per heavy atom. The van der Waals surface area contributed by atoms with E-state index in [-0.39, 0.29) is 30.4 Å². The molecule has 0 aromatic carbocycles. The Hall–Kier alpha value is -1.10. The highest BCUT2D eigenvalue weighted by Crippen LogP contribution is 2.23. The molecule has 2 amide bonds. The lowest BCUT2D eigenvalue weighted by Gasteiger charge is -2.37. The number of rotatable bonds is 3. The van der Waals surface area contributed by atoms with Gasteiger partial charge in [-0.15, -0.1) is 0 Å². The maximum Gasteiger partial charge on any atom is 0.245 e. The van der Waals surface area contributed by atoms with Gasteiger partial charge < -0.3 is 15.5 Å². The Morgan fingerprint density at radius 2 is 2.12 bits per heavy atom. The molecule has 2 N–H and O–H groups in total. The van der Waals surface area contributed by atoms with Gasteiger partial charge in [-0.1, -0.05) is 13.8 Å². The van der Waals surface area contributed by atoms with Crippen molar-refractivity contribution in [2.45, 2.75) is 38.8 Å². The summed E-state index contributed by atoms with van der Waals surface area (Å²) < 4.78 is 0. The van der Waals surface area contributed by atoms with E-state index in [9.17, 15) is 9.59 Å². The Balaban J connectivity index is 2.04. The van der Waals surface area contributed by atoms with Crippen LogP contribution in [0.3, 0.4) is 0 Å². The molecule has 0 saturated carbocycles. The fourth-order valence-electron chi connectivity index (χ4n) is 2.48. The normalized spacial score (nSPS) is 26.7. The van der Waals surface area contributed by atoms with E-state index < -0.39 is 0 Å². The van der Waals surface area contributed by atoms with Crippen LogP contribution in [0.25, 0.3) is 0 Å². The Labute approximate surface area is 102 Å². The minimum atomic E-state index is -0.212. The first-order valence-corrected chi connectivity index (χ1v) is 6.34. The molecule has 0 aliphatic carbocycles. The van der Waals surface area contributed by atoms with Crippen LogP contribution in [-0.4, -0.2) is 53.3 Å². The van der Waals surface area contributed by atoms with E-state index in [2.05, 4.69) is 0 Å². The number of amides is 2. The van der Waals surface area contributed by atoms with Crippen LogP contribution in [0.15, 0.2) is 0 Å². The predicted molar refractivity (Wildman–Crippen MR) is 64.1 cm³/mol. The summed E-state index contributed by atoms with van der Waals surface area (Å²) >= 11 is 0. The second-order valence-corrected chi connectivity index (χ2v) is 5.37. The van der Waals surface area contributed by atoms with Gasteiger partial charge in [0.05, 0.1) is 6.54 Å². The zero-order chi connectivity index (χ0) is 12.6. The van der Waals surface area contributed by atoms with Gasteiger partial charge in [0.15, 0.2) is 0 Å². The van der Waals surface area contributed by atoms with E-state index in [1.807, 2.05) is 13.8 Å². The van der Waals surface area contributed by atoms with E-state index >= 15 is 0 Å². The summed E-state index contributed by atoms with van der Waals surface area (Å²) in [4.78, 5) is 27.4. The van der Waals surface area contributed by atoms with Crippen molar-refractivity contribution in [1.29, 1.82) is 0 Å². The number of piperazine rings is 1. The molecule has 0 bridgehead atoms. The zero-order valence-corrected chi connectivity index (χ0v) is 10.6. The van der Waals surface area contributed by atoms with Gasteiger partial charge in [-0.05, 0) is 18.8 Å². The highest BCUT2D eigenvalue weighted by atomic mass is 16.2. The summed E-state index contributed by atoms with van der Waals surface area (Å²) in [6.07, 6.45) is 1.74. The fraction of sp³-hybridized carbons (Fsp3) is 0.833. The number of nitrogens with zero attached hydrogens (tertiary/aromatic N) is 2. The molecule has 96 valence electrons. The second kappa shape index (κ2) is 4.64.